The molecule has 0 spiro atoms. The lowest BCUT2D eigenvalue weighted by Crippen LogP contribution is -2.07. The molecule has 0 aliphatic heterocycles. The van der Waals surface area contributed by atoms with Crippen LogP contribution in [0, 0.1) is 5.92 Å². The number of rotatable bonds is 0. The van der Waals surface area contributed by atoms with Crippen LogP contribution >= 0.6 is 11.6 Å². The topological polar surface area (TPSA) is 0 Å². The average Bonchev–Trinajstić information content (AvgIpc) is 2.09. The van der Waals surface area contributed by atoms with E-state index in [4.69, 9.17) is 11.6 Å². The summed E-state index contributed by atoms with van der Waals surface area (Å²) in [5.41, 5.74) is 1.99. The van der Waals surface area contributed by atoms with Crippen molar-refractivity contribution in [2.24, 2.45) is 5.92 Å². The third kappa shape index (κ3) is 1.49. The van der Waals surface area contributed by atoms with E-state index in [-0.39, 0.29) is 11.7 Å². The summed E-state index contributed by atoms with van der Waals surface area (Å²) in [6.07, 6.45) is 2.28. The van der Waals surface area contributed by atoms with Gasteiger partial charge in [0.05, 0.1) is 0 Å². The Morgan fingerprint density at radius 2 is 2.23 bits per heavy atom. The molecule has 1 aliphatic carbocycles. The first kappa shape index (κ1) is 8.76. The number of halogens is 2. The highest BCUT2D eigenvalue weighted by Crippen LogP contribution is 2.32. The summed E-state index contributed by atoms with van der Waals surface area (Å²) in [7, 11) is 0. The number of hydrogen-bond donors (Lipinski definition) is 0. The minimum Gasteiger partial charge on any atom is -0.211 e. The van der Waals surface area contributed by atoms with Gasteiger partial charge in [-0.2, -0.15) is 0 Å². The van der Waals surface area contributed by atoms with Crippen molar-refractivity contribution in [3.05, 3.63) is 40.2 Å². The van der Waals surface area contributed by atoms with E-state index in [2.05, 4.69) is 0 Å². The van der Waals surface area contributed by atoms with E-state index in [1.165, 1.54) is 0 Å². The van der Waals surface area contributed by atoms with Crippen LogP contribution in [0.5, 0.6) is 0 Å². The predicted octanol–water partition coefficient (Wildman–Crippen LogP) is 3.84. The van der Waals surface area contributed by atoms with Crippen LogP contribution in [0.25, 0.3) is 6.08 Å². The van der Waals surface area contributed by atoms with Crippen molar-refractivity contribution in [3.63, 3.8) is 0 Å². The van der Waals surface area contributed by atoms with E-state index in [9.17, 15) is 4.39 Å². The van der Waals surface area contributed by atoms with Crippen LogP contribution < -0.4 is 0 Å². The molecule has 0 heterocycles. The number of allylic oxidation sites excluding steroid dienone is 1. The molecule has 2 rings (SSSR count). The maximum Gasteiger partial charge on any atom is 0.104 e. The summed E-state index contributed by atoms with van der Waals surface area (Å²) in [5, 5.41) is 0.744. The summed E-state index contributed by atoms with van der Waals surface area (Å²) in [5.74, 6) is -0.0813. The van der Waals surface area contributed by atoms with E-state index in [1.54, 1.807) is 6.08 Å². The SMILES string of the molecule is CC1Cc2c(Cl)cccc2C=C1F. The molecule has 1 atom stereocenters. The Balaban J connectivity index is 2.56. The molecular formula is C11H10ClF. The van der Waals surface area contributed by atoms with Gasteiger partial charge in [0.15, 0.2) is 0 Å². The molecule has 0 amide bonds. The molecule has 1 unspecified atom stereocenters. The third-order valence-electron chi connectivity index (χ3n) is 2.43. The molecule has 13 heavy (non-hydrogen) atoms. The van der Waals surface area contributed by atoms with Gasteiger partial charge in [-0.1, -0.05) is 30.7 Å². The molecule has 2 heteroatoms. The molecule has 0 saturated carbocycles. The minimum absolute atomic E-state index is 0.0348. The molecule has 0 N–H and O–H groups in total. The summed E-state index contributed by atoms with van der Waals surface area (Å²) in [6.45, 7) is 1.87. The van der Waals surface area contributed by atoms with Gasteiger partial charge in [0, 0.05) is 10.9 Å². The fourth-order valence-corrected chi connectivity index (χ4v) is 1.88. The Kier molecular flexibility index (Phi) is 2.12. The lowest BCUT2D eigenvalue weighted by Gasteiger charge is -2.18. The van der Waals surface area contributed by atoms with Crippen LogP contribution in [0.15, 0.2) is 24.0 Å². The highest BCUT2D eigenvalue weighted by Gasteiger charge is 2.18. The lowest BCUT2D eigenvalue weighted by molar-refractivity contribution is 0.491. The van der Waals surface area contributed by atoms with Crippen molar-refractivity contribution < 1.29 is 4.39 Å². The molecule has 0 radical (unpaired) electrons. The molecule has 0 nitrogen and oxygen atoms in total. The van der Waals surface area contributed by atoms with E-state index in [0.717, 1.165) is 16.1 Å². The molecule has 68 valence electrons. The molecule has 1 aliphatic rings. The number of hydrogen-bond acceptors (Lipinski definition) is 0. The Morgan fingerprint density at radius 1 is 1.46 bits per heavy atom. The van der Waals surface area contributed by atoms with Crippen molar-refractivity contribution in [1.29, 1.82) is 0 Å². The van der Waals surface area contributed by atoms with Crippen molar-refractivity contribution in [2.75, 3.05) is 0 Å². The second kappa shape index (κ2) is 3.15. The maximum absolute atomic E-state index is 13.2. The van der Waals surface area contributed by atoms with Gasteiger partial charge in [-0.15, -0.1) is 0 Å². The second-order valence-corrected chi connectivity index (χ2v) is 3.85. The first-order valence-corrected chi connectivity index (χ1v) is 4.71. The van der Waals surface area contributed by atoms with E-state index in [1.807, 2.05) is 25.1 Å². The van der Waals surface area contributed by atoms with Gasteiger partial charge in [0.2, 0.25) is 0 Å². The lowest BCUT2D eigenvalue weighted by atomic mass is 9.90. The maximum atomic E-state index is 13.2. The van der Waals surface area contributed by atoms with Crippen LogP contribution in [0.2, 0.25) is 5.02 Å². The smallest absolute Gasteiger partial charge is 0.104 e. The minimum atomic E-state index is -0.0465. The molecule has 0 fully saturated rings. The highest BCUT2D eigenvalue weighted by atomic mass is 35.5. The molecule has 0 bridgehead atoms. The van der Waals surface area contributed by atoms with E-state index < -0.39 is 0 Å². The van der Waals surface area contributed by atoms with E-state index in [0.29, 0.717) is 6.42 Å². The van der Waals surface area contributed by atoms with Gasteiger partial charge in [0.1, 0.15) is 5.83 Å². The van der Waals surface area contributed by atoms with Crippen molar-refractivity contribution in [2.45, 2.75) is 13.3 Å². The molecule has 1 aromatic rings. The average molecular weight is 197 g/mol. The standard InChI is InChI=1S/C11H10ClF/c1-7-5-9-8(6-11(7)13)3-2-4-10(9)12/h2-4,6-7H,5H2,1H3. The predicted molar refractivity (Wildman–Crippen MR) is 53.4 cm³/mol. The quantitative estimate of drug-likeness (QED) is 0.592. The highest BCUT2D eigenvalue weighted by molar-refractivity contribution is 6.31. The largest absolute Gasteiger partial charge is 0.211 e. The van der Waals surface area contributed by atoms with Gasteiger partial charge in [-0.3, -0.25) is 0 Å². The monoisotopic (exact) mass is 196 g/mol. The Morgan fingerprint density at radius 3 is 3.00 bits per heavy atom. The fourth-order valence-electron chi connectivity index (χ4n) is 1.62. The summed E-state index contributed by atoms with van der Waals surface area (Å²) in [6, 6.07) is 5.60. The Hall–Kier alpha value is -0.820. The normalized spacial score (nSPS) is 20.8. The van der Waals surface area contributed by atoms with Crippen molar-refractivity contribution >= 4 is 17.7 Å². The van der Waals surface area contributed by atoms with Gasteiger partial charge in [0.25, 0.3) is 0 Å². The molecular weight excluding hydrogens is 187 g/mol. The second-order valence-electron chi connectivity index (χ2n) is 3.44. The molecule has 0 saturated heterocycles. The van der Waals surface area contributed by atoms with Gasteiger partial charge in [-0.25, -0.2) is 4.39 Å². The van der Waals surface area contributed by atoms with Crippen LogP contribution in [0.3, 0.4) is 0 Å². The van der Waals surface area contributed by atoms with Crippen LogP contribution in [-0.2, 0) is 6.42 Å². The zero-order chi connectivity index (χ0) is 9.42. The Bertz CT molecular complexity index is 368. The van der Waals surface area contributed by atoms with Crippen molar-refractivity contribution in [1.82, 2.24) is 0 Å². The van der Waals surface area contributed by atoms with Crippen LogP contribution in [0.1, 0.15) is 18.1 Å². The fraction of sp³-hybridized carbons (Fsp3) is 0.273. The number of fused-ring (bicyclic) bond motifs is 1. The van der Waals surface area contributed by atoms with Crippen LogP contribution in [-0.4, -0.2) is 0 Å². The number of benzene rings is 1. The first-order chi connectivity index (χ1) is 6.18. The van der Waals surface area contributed by atoms with Crippen LogP contribution in [0.4, 0.5) is 4.39 Å². The third-order valence-corrected chi connectivity index (χ3v) is 2.78. The van der Waals surface area contributed by atoms with Gasteiger partial charge < -0.3 is 0 Å². The zero-order valence-corrected chi connectivity index (χ0v) is 8.11. The first-order valence-electron chi connectivity index (χ1n) is 4.33. The van der Waals surface area contributed by atoms with Crippen molar-refractivity contribution in [3.8, 4) is 0 Å². The van der Waals surface area contributed by atoms with E-state index >= 15 is 0 Å². The molecule has 1 aromatic carbocycles. The zero-order valence-electron chi connectivity index (χ0n) is 7.35. The summed E-state index contributed by atoms with van der Waals surface area (Å²) in [4.78, 5) is 0. The Labute approximate surface area is 82.0 Å². The van der Waals surface area contributed by atoms with Gasteiger partial charge >= 0.3 is 0 Å². The van der Waals surface area contributed by atoms with Gasteiger partial charge in [-0.05, 0) is 29.7 Å². The molecule has 0 aromatic heterocycles. The summed E-state index contributed by atoms with van der Waals surface area (Å²) >= 11 is 6.00. The summed E-state index contributed by atoms with van der Waals surface area (Å²) < 4.78 is 13.2.